The summed E-state index contributed by atoms with van der Waals surface area (Å²) in [4.78, 5) is 22.9. The summed E-state index contributed by atoms with van der Waals surface area (Å²) in [6.07, 6.45) is 4.43. The number of aryl methyl sites for hydroxylation is 2. The van der Waals surface area contributed by atoms with Gasteiger partial charge in [-0.3, -0.25) is 9.59 Å². The molecular formula is C15H18N2O2. The molecule has 0 bridgehead atoms. The molecule has 1 N–H and O–H groups in total. The number of carbonyl (C=O) groups is 2. The highest BCUT2D eigenvalue weighted by molar-refractivity contribution is 6.12. The van der Waals surface area contributed by atoms with E-state index in [1.54, 1.807) is 0 Å². The number of benzene rings is 1. The fraction of sp³-hybridized carbons (Fsp3) is 0.333. The molecule has 0 spiro atoms. The van der Waals surface area contributed by atoms with Gasteiger partial charge in [-0.1, -0.05) is 32.0 Å². The molecule has 0 atom stereocenters. The third-order valence-electron chi connectivity index (χ3n) is 3.36. The average molecular weight is 258 g/mol. The molecule has 4 heteroatoms. The van der Waals surface area contributed by atoms with Crippen molar-refractivity contribution in [3.8, 4) is 0 Å². The Bertz CT molecular complexity index is 495. The fourth-order valence-electron chi connectivity index (χ4n) is 2.29. The SMILES string of the molecule is CCc1cccc(CC)c1CNN1C(=O)C=CC1=O. The molecule has 19 heavy (non-hydrogen) atoms. The number of rotatable bonds is 5. The predicted molar refractivity (Wildman–Crippen MR) is 73.0 cm³/mol. The number of hydrogen-bond donors (Lipinski definition) is 1. The number of nitrogens with one attached hydrogen (secondary N) is 1. The van der Waals surface area contributed by atoms with Crippen LogP contribution in [0.3, 0.4) is 0 Å². The summed E-state index contributed by atoms with van der Waals surface area (Å²) in [5.41, 5.74) is 6.60. The molecule has 4 nitrogen and oxygen atoms in total. The van der Waals surface area contributed by atoms with E-state index in [2.05, 4.69) is 37.5 Å². The first-order valence-corrected chi connectivity index (χ1v) is 6.56. The average Bonchev–Trinajstić information content (AvgIpc) is 2.75. The number of carbonyl (C=O) groups excluding carboxylic acids is 2. The first kappa shape index (κ1) is 13.5. The van der Waals surface area contributed by atoms with Gasteiger partial charge in [-0.2, -0.15) is 0 Å². The summed E-state index contributed by atoms with van der Waals surface area (Å²) < 4.78 is 0. The van der Waals surface area contributed by atoms with Gasteiger partial charge in [0.1, 0.15) is 0 Å². The smallest absolute Gasteiger partial charge is 0.268 e. The van der Waals surface area contributed by atoms with E-state index >= 15 is 0 Å². The Kier molecular flexibility index (Phi) is 4.12. The Hall–Kier alpha value is -1.94. The molecule has 1 aromatic rings. The van der Waals surface area contributed by atoms with E-state index < -0.39 is 0 Å². The second kappa shape index (κ2) is 5.80. The van der Waals surface area contributed by atoms with E-state index in [4.69, 9.17) is 0 Å². The molecule has 1 aromatic carbocycles. The van der Waals surface area contributed by atoms with E-state index in [1.807, 2.05) is 0 Å². The Balaban J connectivity index is 2.15. The highest BCUT2D eigenvalue weighted by atomic mass is 16.2. The van der Waals surface area contributed by atoms with Crippen LogP contribution in [0.5, 0.6) is 0 Å². The number of nitrogens with zero attached hydrogens (tertiary/aromatic N) is 1. The van der Waals surface area contributed by atoms with E-state index in [0.717, 1.165) is 17.9 Å². The largest absolute Gasteiger partial charge is 0.268 e. The molecular weight excluding hydrogens is 240 g/mol. The van der Waals surface area contributed by atoms with Gasteiger partial charge in [-0.05, 0) is 29.5 Å². The number of imide groups is 1. The molecule has 0 saturated heterocycles. The van der Waals surface area contributed by atoms with Gasteiger partial charge >= 0.3 is 0 Å². The molecule has 2 amide bonds. The van der Waals surface area contributed by atoms with Gasteiger partial charge in [0.25, 0.3) is 11.8 Å². The van der Waals surface area contributed by atoms with E-state index in [1.165, 1.54) is 28.8 Å². The van der Waals surface area contributed by atoms with Crippen LogP contribution in [-0.2, 0) is 29.0 Å². The molecule has 2 rings (SSSR count). The van der Waals surface area contributed by atoms with E-state index in [0.29, 0.717) is 6.54 Å². The van der Waals surface area contributed by atoms with E-state index in [-0.39, 0.29) is 11.8 Å². The van der Waals surface area contributed by atoms with Gasteiger partial charge in [0.2, 0.25) is 0 Å². The number of hydrazine groups is 1. The normalized spacial score (nSPS) is 14.5. The van der Waals surface area contributed by atoms with Crippen molar-refractivity contribution in [3.05, 3.63) is 47.0 Å². The topological polar surface area (TPSA) is 49.4 Å². The van der Waals surface area contributed by atoms with Crippen LogP contribution in [0.4, 0.5) is 0 Å². The first-order valence-electron chi connectivity index (χ1n) is 6.56. The maximum Gasteiger partial charge on any atom is 0.268 e. The Morgan fingerprint density at radius 1 is 1.00 bits per heavy atom. The van der Waals surface area contributed by atoms with Crippen LogP contribution in [0, 0.1) is 0 Å². The van der Waals surface area contributed by atoms with Crippen molar-refractivity contribution < 1.29 is 9.59 Å². The molecule has 1 aliphatic rings. The van der Waals surface area contributed by atoms with Gasteiger partial charge in [-0.25, -0.2) is 10.4 Å². The van der Waals surface area contributed by atoms with Gasteiger partial charge in [-0.15, -0.1) is 0 Å². The highest BCUT2D eigenvalue weighted by Gasteiger charge is 2.23. The highest BCUT2D eigenvalue weighted by Crippen LogP contribution is 2.17. The lowest BCUT2D eigenvalue weighted by molar-refractivity contribution is -0.140. The van der Waals surface area contributed by atoms with Crippen molar-refractivity contribution in [2.75, 3.05) is 0 Å². The van der Waals surface area contributed by atoms with Crippen molar-refractivity contribution in [1.29, 1.82) is 0 Å². The maximum absolute atomic E-state index is 11.5. The van der Waals surface area contributed by atoms with Crippen molar-refractivity contribution in [1.82, 2.24) is 10.4 Å². The van der Waals surface area contributed by atoms with Crippen LogP contribution < -0.4 is 5.43 Å². The Labute approximate surface area is 113 Å². The van der Waals surface area contributed by atoms with Crippen molar-refractivity contribution in [3.63, 3.8) is 0 Å². The van der Waals surface area contributed by atoms with Crippen LogP contribution in [0.25, 0.3) is 0 Å². The third kappa shape index (κ3) is 2.74. The molecule has 0 saturated carbocycles. The van der Waals surface area contributed by atoms with Gasteiger partial charge in [0.05, 0.1) is 0 Å². The zero-order valence-corrected chi connectivity index (χ0v) is 11.3. The van der Waals surface area contributed by atoms with Gasteiger partial charge < -0.3 is 0 Å². The quantitative estimate of drug-likeness (QED) is 0.818. The Morgan fingerprint density at radius 2 is 1.53 bits per heavy atom. The van der Waals surface area contributed by atoms with Crippen LogP contribution in [0.2, 0.25) is 0 Å². The standard InChI is InChI=1S/C15H18N2O2/c1-3-11-6-5-7-12(4-2)13(11)10-16-17-14(18)8-9-15(17)19/h5-9,16H,3-4,10H2,1-2H3. The minimum atomic E-state index is -0.308. The lowest BCUT2D eigenvalue weighted by Crippen LogP contribution is -2.42. The van der Waals surface area contributed by atoms with Gasteiger partial charge in [0, 0.05) is 18.7 Å². The van der Waals surface area contributed by atoms with Crippen LogP contribution in [0.15, 0.2) is 30.4 Å². The van der Waals surface area contributed by atoms with Crippen LogP contribution in [0.1, 0.15) is 30.5 Å². The molecule has 100 valence electrons. The summed E-state index contributed by atoms with van der Waals surface area (Å²) in [6.45, 7) is 4.70. The monoisotopic (exact) mass is 258 g/mol. The lowest BCUT2D eigenvalue weighted by atomic mass is 9.98. The first-order chi connectivity index (χ1) is 9.17. The van der Waals surface area contributed by atoms with Gasteiger partial charge in [0.15, 0.2) is 0 Å². The molecule has 0 radical (unpaired) electrons. The maximum atomic E-state index is 11.5. The summed E-state index contributed by atoms with van der Waals surface area (Å²) >= 11 is 0. The summed E-state index contributed by atoms with van der Waals surface area (Å²) in [7, 11) is 0. The summed E-state index contributed by atoms with van der Waals surface area (Å²) in [5, 5.41) is 1.06. The molecule has 0 aromatic heterocycles. The predicted octanol–water partition coefficient (Wildman–Crippen LogP) is 1.74. The molecule has 0 unspecified atom stereocenters. The van der Waals surface area contributed by atoms with Crippen molar-refractivity contribution in [2.45, 2.75) is 33.2 Å². The van der Waals surface area contributed by atoms with Crippen LogP contribution >= 0.6 is 0 Å². The minimum Gasteiger partial charge on any atom is -0.268 e. The third-order valence-corrected chi connectivity index (χ3v) is 3.36. The molecule has 0 aliphatic carbocycles. The Morgan fingerprint density at radius 3 is 2.00 bits per heavy atom. The summed E-state index contributed by atoms with van der Waals surface area (Å²) in [5.74, 6) is -0.617. The molecule has 1 heterocycles. The van der Waals surface area contributed by atoms with Crippen molar-refractivity contribution in [2.24, 2.45) is 0 Å². The van der Waals surface area contributed by atoms with E-state index in [9.17, 15) is 9.59 Å². The number of hydrogen-bond acceptors (Lipinski definition) is 3. The second-order valence-corrected chi connectivity index (χ2v) is 4.44. The zero-order valence-electron chi connectivity index (χ0n) is 11.3. The summed E-state index contributed by atoms with van der Waals surface area (Å²) in [6, 6.07) is 6.22. The van der Waals surface area contributed by atoms with Crippen molar-refractivity contribution >= 4 is 11.8 Å². The zero-order chi connectivity index (χ0) is 13.8. The lowest BCUT2D eigenvalue weighted by Gasteiger charge is -2.18. The second-order valence-electron chi connectivity index (χ2n) is 4.44. The minimum absolute atomic E-state index is 0.308. The fourth-order valence-corrected chi connectivity index (χ4v) is 2.29. The molecule has 0 fully saturated rings. The number of amides is 2. The van der Waals surface area contributed by atoms with Crippen LogP contribution in [-0.4, -0.2) is 16.8 Å². The molecule has 1 aliphatic heterocycles.